The van der Waals surface area contributed by atoms with Gasteiger partial charge < -0.3 is 0 Å². The second-order valence-corrected chi connectivity index (χ2v) is 6.31. The molecule has 3 heterocycles. The van der Waals surface area contributed by atoms with E-state index < -0.39 is 5.91 Å². The van der Waals surface area contributed by atoms with E-state index in [9.17, 15) is 9.59 Å². The summed E-state index contributed by atoms with van der Waals surface area (Å²) in [5.74, 6) is -0.472. The van der Waals surface area contributed by atoms with Gasteiger partial charge in [0.05, 0.1) is 10.2 Å². The van der Waals surface area contributed by atoms with E-state index >= 15 is 0 Å². The summed E-state index contributed by atoms with van der Waals surface area (Å²) in [6.45, 7) is 0. The Balaban J connectivity index is 1.75. The van der Waals surface area contributed by atoms with Crippen LogP contribution in [0.2, 0.25) is 0 Å². The molecule has 0 aliphatic rings. The standard InChI is InChI=1S/C17H12N4O2S/c1-21-14-10(5-4-8-18-14)9-11(16(21)23)15(22)20-17-19-12-6-2-3-7-13(12)24-17/h2-9H,1H3,(H,19,20,22). The molecule has 4 aromatic rings. The zero-order chi connectivity index (χ0) is 16.7. The summed E-state index contributed by atoms with van der Waals surface area (Å²) in [4.78, 5) is 33.5. The molecule has 7 heteroatoms. The van der Waals surface area contributed by atoms with E-state index in [-0.39, 0.29) is 11.1 Å². The lowest BCUT2D eigenvalue weighted by Gasteiger charge is -2.07. The lowest BCUT2D eigenvalue weighted by atomic mass is 10.2. The fourth-order valence-corrected chi connectivity index (χ4v) is 3.41. The molecule has 0 aliphatic heterocycles. The molecule has 4 rings (SSSR count). The number of hydrogen-bond donors (Lipinski definition) is 1. The number of thiazole rings is 1. The van der Waals surface area contributed by atoms with Crippen LogP contribution >= 0.6 is 11.3 Å². The number of carbonyl (C=O) groups is 1. The van der Waals surface area contributed by atoms with Gasteiger partial charge in [0.25, 0.3) is 11.5 Å². The highest BCUT2D eigenvalue weighted by Gasteiger charge is 2.16. The fourth-order valence-electron chi connectivity index (χ4n) is 2.55. The van der Waals surface area contributed by atoms with Gasteiger partial charge in [-0.05, 0) is 30.3 Å². The van der Waals surface area contributed by atoms with Crippen molar-refractivity contribution in [2.75, 3.05) is 5.32 Å². The number of hydrogen-bond acceptors (Lipinski definition) is 5. The average Bonchev–Trinajstić information content (AvgIpc) is 3.00. The lowest BCUT2D eigenvalue weighted by Crippen LogP contribution is -2.28. The van der Waals surface area contributed by atoms with Gasteiger partial charge in [-0.25, -0.2) is 9.97 Å². The monoisotopic (exact) mass is 336 g/mol. The molecule has 0 bridgehead atoms. The van der Waals surface area contributed by atoms with Crippen LogP contribution in [-0.2, 0) is 7.05 Å². The van der Waals surface area contributed by atoms with Gasteiger partial charge in [0, 0.05) is 18.6 Å². The molecule has 0 spiro atoms. The highest BCUT2D eigenvalue weighted by atomic mass is 32.1. The van der Waals surface area contributed by atoms with E-state index in [1.165, 1.54) is 15.9 Å². The van der Waals surface area contributed by atoms with Crippen molar-refractivity contribution in [3.05, 3.63) is 64.6 Å². The van der Waals surface area contributed by atoms with Crippen LogP contribution in [0.5, 0.6) is 0 Å². The van der Waals surface area contributed by atoms with Crippen LogP contribution in [0.1, 0.15) is 10.4 Å². The number of amides is 1. The van der Waals surface area contributed by atoms with E-state index in [4.69, 9.17) is 0 Å². The Morgan fingerprint density at radius 2 is 2.04 bits per heavy atom. The summed E-state index contributed by atoms with van der Waals surface area (Å²) in [5.41, 5.74) is 1.03. The normalized spacial score (nSPS) is 11.0. The summed E-state index contributed by atoms with van der Waals surface area (Å²) >= 11 is 1.37. The second kappa shape index (κ2) is 5.54. The number of fused-ring (bicyclic) bond motifs is 2. The Bertz CT molecular complexity index is 1110. The van der Waals surface area contributed by atoms with Crippen LogP contribution in [0.25, 0.3) is 21.3 Å². The van der Waals surface area contributed by atoms with Gasteiger partial charge in [0.1, 0.15) is 11.2 Å². The lowest BCUT2D eigenvalue weighted by molar-refractivity contribution is 0.102. The summed E-state index contributed by atoms with van der Waals surface area (Å²) < 4.78 is 2.35. The van der Waals surface area contributed by atoms with Gasteiger partial charge in [-0.2, -0.15) is 0 Å². The van der Waals surface area contributed by atoms with E-state index in [0.717, 1.165) is 15.6 Å². The van der Waals surface area contributed by atoms with Gasteiger partial charge in [0.2, 0.25) is 0 Å². The third-order valence-electron chi connectivity index (χ3n) is 3.73. The Morgan fingerprint density at radius 3 is 2.88 bits per heavy atom. The zero-order valence-electron chi connectivity index (χ0n) is 12.7. The van der Waals surface area contributed by atoms with Crippen LogP contribution in [0.3, 0.4) is 0 Å². The molecule has 0 saturated heterocycles. The quantitative estimate of drug-likeness (QED) is 0.611. The molecule has 1 amide bonds. The van der Waals surface area contributed by atoms with Gasteiger partial charge >= 0.3 is 0 Å². The number of carbonyl (C=O) groups excluding carboxylic acids is 1. The van der Waals surface area contributed by atoms with Crippen LogP contribution < -0.4 is 10.9 Å². The minimum absolute atomic E-state index is 0.0669. The molecule has 0 fully saturated rings. The number of aryl methyl sites for hydroxylation is 1. The van der Waals surface area contributed by atoms with Gasteiger partial charge in [0.15, 0.2) is 5.13 Å². The molecule has 3 aromatic heterocycles. The number of rotatable bonds is 2. The highest BCUT2D eigenvalue weighted by Crippen LogP contribution is 2.25. The van der Waals surface area contributed by atoms with E-state index in [1.807, 2.05) is 30.3 Å². The SMILES string of the molecule is Cn1c(=O)c(C(=O)Nc2nc3ccccc3s2)cc2cccnc21. The number of nitrogens with one attached hydrogen (secondary N) is 1. The van der Waals surface area contributed by atoms with Crippen LogP contribution in [-0.4, -0.2) is 20.4 Å². The van der Waals surface area contributed by atoms with Crippen molar-refractivity contribution in [3.8, 4) is 0 Å². The number of anilines is 1. The molecule has 0 aliphatic carbocycles. The molecule has 0 radical (unpaired) electrons. The fraction of sp³-hybridized carbons (Fsp3) is 0.0588. The van der Waals surface area contributed by atoms with Crippen molar-refractivity contribution in [3.63, 3.8) is 0 Å². The van der Waals surface area contributed by atoms with Crippen molar-refractivity contribution in [2.24, 2.45) is 7.05 Å². The number of para-hydroxylation sites is 1. The molecule has 118 valence electrons. The minimum atomic E-state index is -0.472. The molecular formula is C17H12N4O2S. The van der Waals surface area contributed by atoms with Crippen LogP contribution in [0, 0.1) is 0 Å². The van der Waals surface area contributed by atoms with Crippen molar-refractivity contribution in [1.82, 2.24) is 14.5 Å². The number of pyridine rings is 2. The summed E-state index contributed by atoms with van der Waals surface area (Å²) in [7, 11) is 1.60. The molecular weight excluding hydrogens is 324 g/mol. The van der Waals surface area contributed by atoms with Crippen molar-refractivity contribution < 1.29 is 4.79 Å². The Hall–Kier alpha value is -3.06. The van der Waals surface area contributed by atoms with E-state index in [1.54, 1.807) is 25.4 Å². The van der Waals surface area contributed by atoms with Gasteiger partial charge in [-0.15, -0.1) is 0 Å². The first-order valence-electron chi connectivity index (χ1n) is 7.25. The molecule has 6 nitrogen and oxygen atoms in total. The molecule has 24 heavy (non-hydrogen) atoms. The summed E-state index contributed by atoms with van der Waals surface area (Å²) in [6, 6.07) is 12.8. The molecule has 0 atom stereocenters. The van der Waals surface area contributed by atoms with Crippen molar-refractivity contribution >= 4 is 43.6 Å². The van der Waals surface area contributed by atoms with E-state index in [0.29, 0.717) is 10.8 Å². The predicted molar refractivity (Wildman–Crippen MR) is 94.6 cm³/mol. The summed E-state index contributed by atoms with van der Waals surface area (Å²) in [5, 5.41) is 3.91. The highest BCUT2D eigenvalue weighted by molar-refractivity contribution is 7.22. The first-order valence-corrected chi connectivity index (χ1v) is 8.07. The smallest absolute Gasteiger partial charge is 0.264 e. The van der Waals surface area contributed by atoms with Crippen LogP contribution in [0.15, 0.2) is 53.5 Å². The third-order valence-corrected chi connectivity index (χ3v) is 4.68. The predicted octanol–water partition coefficient (Wildman–Crippen LogP) is 2.80. The number of benzene rings is 1. The largest absolute Gasteiger partial charge is 0.298 e. The second-order valence-electron chi connectivity index (χ2n) is 5.28. The Kier molecular flexibility index (Phi) is 3.35. The van der Waals surface area contributed by atoms with Gasteiger partial charge in [-0.3, -0.25) is 19.5 Å². The van der Waals surface area contributed by atoms with Crippen LogP contribution in [0.4, 0.5) is 5.13 Å². The van der Waals surface area contributed by atoms with Gasteiger partial charge in [-0.1, -0.05) is 23.5 Å². The maximum absolute atomic E-state index is 12.5. The number of aromatic nitrogens is 3. The molecule has 0 unspecified atom stereocenters. The first kappa shape index (κ1) is 14.5. The Morgan fingerprint density at radius 1 is 1.21 bits per heavy atom. The van der Waals surface area contributed by atoms with Crippen molar-refractivity contribution in [2.45, 2.75) is 0 Å². The maximum atomic E-state index is 12.5. The van der Waals surface area contributed by atoms with E-state index in [2.05, 4.69) is 15.3 Å². The minimum Gasteiger partial charge on any atom is -0.298 e. The zero-order valence-corrected chi connectivity index (χ0v) is 13.5. The molecule has 0 saturated carbocycles. The Labute approximate surface area is 140 Å². The van der Waals surface area contributed by atoms with Crippen molar-refractivity contribution in [1.29, 1.82) is 0 Å². The average molecular weight is 336 g/mol. The maximum Gasteiger partial charge on any atom is 0.264 e. The third kappa shape index (κ3) is 2.35. The summed E-state index contributed by atoms with van der Waals surface area (Å²) in [6.07, 6.45) is 1.61. The molecule has 1 N–H and O–H groups in total. The number of nitrogens with zero attached hydrogens (tertiary/aromatic N) is 3. The topological polar surface area (TPSA) is 76.9 Å². The first-order chi connectivity index (χ1) is 11.6. The molecule has 1 aromatic carbocycles.